The Morgan fingerprint density at radius 2 is 2.57 bits per heavy atom. The number of nitrogens with zero attached hydrogens (tertiary/aromatic N) is 2. The molecule has 14 heavy (non-hydrogen) atoms. The van der Waals surface area contributed by atoms with Gasteiger partial charge in [0.05, 0.1) is 5.69 Å². The molecule has 1 aliphatic rings. The van der Waals surface area contributed by atoms with Gasteiger partial charge in [-0.15, -0.1) is 0 Å². The number of carbonyl (C=O) groups is 1. The second-order valence-electron chi connectivity index (χ2n) is 3.43. The van der Waals surface area contributed by atoms with E-state index in [1.165, 1.54) is 6.39 Å². The van der Waals surface area contributed by atoms with Crippen LogP contribution >= 0.6 is 12.6 Å². The Hall–Kier alpha value is -0.970. The third-order valence-corrected chi connectivity index (χ3v) is 2.66. The number of rotatable bonds is 3. The van der Waals surface area contributed by atoms with Crippen molar-refractivity contribution >= 4 is 18.5 Å². The van der Waals surface area contributed by atoms with Gasteiger partial charge >= 0.3 is 0 Å². The molecule has 1 saturated heterocycles. The van der Waals surface area contributed by atoms with Crippen LogP contribution in [0.5, 0.6) is 0 Å². The molecule has 0 spiro atoms. The number of carbonyl (C=O) groups excluding carboxylic acids is 1. The number of oxazole rings is 1. The van der Waals surface area contributed by atoms with Gasteiger partial charge < -0.3 is 9.32 Å². The molecule has 0 bridgehead atoms. The highest BCUT2D eigenvalue weighted by Gasteiger charge is 2.26. The molecule has 1 aliphatic heterocycles. The Morgan fingerprint density at radius 3 is 3.14 bits per heavy atom. The van der Waals surface area contributed by atoms with Crippen molar-refractivity contribution in [2.45, 2.75) is 18.1 Å². The van der Waals surface area contributed by atoms with Gasteiger partial charge in [0.1, 0.15) is 6.26 Å². The van der Waals surface area contributed by atoms with E-state index in [-0.39, 0.29) is 11.2 Å². The van der Waals surface area contributed by atoms with Crippen LogP contribution in [-0.2, 0) is 11.2 Å². The van der Waals surface area contributed by atoms with Crippen molar-refractivity contribution in [1.82, 2.24) is 9.88 Å². The van der Waals surface area contributed by atoms with Crippen molar-refractivity contribution in [3.05, 3.63) is 18.4 Å². The van der Waals surface area contributed by atoms with Gasteiger partial charge in [-0.1, -0.05) is 0 Å². The molecule has 0 radical (unpaired) electrons. The number of aromatic nitrogens is 1. The predicted molar refractivity (Wildman–Crippen MR) is 54.2 cm³/mol. The lowest BCUT2D eigenvalue weighted by atomic mass is 10.3. The number of likely N-dealkylation sites (tertiary alicyclic amines) is 1. The molecule has 1 amide bonds. The van der Waals surface area contributed by atoms with Gasteiger partial charge in [-0.2, -0.15) is 12.6 Å². The van der Waals surface area contributed by atoms with E-state index in [0.29, 0.717) is 13.0 Å². The van der Waals surface area contributed by atoms with E-state index in [9.17, 15) is 4.79 Å². The Labute approximate surface area is 87.7 Å². The summed E-state index contributed by atoms with van der Waals surface area (Å²) in [7, 11) is 0. The van der Waals surface area contributed by atoms with Crippen molar-refractivity contribution < 1.29 is 9.21 Å². The van der Waals surface area contributed by atoms with Crippen LogP contribution < -0.4 is 0 Å². The van der Waals surface area contributed by atoms with Crippen LogP contribution in [0, 0.1) is 0 Å². The van der Waals surface area contributed by atoms with Crippen molar-refractivity contribution in [2.24, 2.45) is 0 Å². The van der Waals surface area contributed by atoms with E-state index in [1.54, 1.807) is 6.26 Å². The first-order chi connectivity index (χ1) is 6.75. The van der Waals surface area contributed by atoms with E-state index < -0.39 is 0 Å². The normalized spacial score (nSPS) is 21.9. The average Bonchev–Trinajstić information content (AvgIpc) is 2.72. The summed E-state index contributed by atoms with van der Waals surface area (Å²) in [4.78, 5) is 17.2. The quantitative estimate of drug-likeness (QED) is 0.752. The third-order valence-electron chi connectivity index (χ3n) is 2.32. The molecular weight excluding hydrogens is 200 g/mol. The van der Waals surface area contributed by atoms with Crippen molar-refractivity contribution in [3.63, 3.8) is 0 Å². The highest BCUT2D eigenvalue weighted by atomic mass is 32.1. The average molecular weight is 212 g/mol. The van der Waals surface area contributed by atoms with Gasteiger partial charge in [0.25, 0.3) is 0 Å². The number of hydrogen-bond acceptors (Lipinski definition) is 4. The lowest BCUT2D eigenvalue weighted by Crippen LogP contribution is -2.27. The molecule has 1 unspecified atom stereocenters. The summed E-state index contributed by atoms with van der Waals surface area (Å²) in [6.45, 7) is 1.46. The second kappa shape index (κ2) is 4.04. The molecule has 5 heteroatoms. The summed E-state index contributed by atoms with van der Waals surface area (Å²) in [6.07, 6.45) is 4.33. The molecule has 1 aromatic rings. The monoisotopic (exact) mass is 212 g/mol. The molecule has 0 N–H and O–H groups in total. The Morgan fingerprint density at radius 1 is 1.71 bits per heavy atom. The fourth-order valence-electron chi connectivity index (χ4n) is 1.58. The SMILES string of the molecule is O=C1CC(S)CN1CCc1cocn1. The second-order valence-corrected chi connectivity index (χ2v) is 4.16. The molecule has 0 aromatic carbocycles. The molecule has 76 valence electrons. The van der Waals surface area contributed by atoms with Gasteiger partial charge in [-0.05, 0) is 0 Å². The van der Waals surface area contributed by atoms with Crippen LogP contribution in [0.15, 0.2) is 17.1 Å². The highest BCUT2D eigenvalue weighted by molar-refractivity contribution is 7.81. The molecule has 2 heterocycles. The van der Waals surface area contributed by atoms with Gasteiger partial charge in [-0.25, -0.2) is 4.98 Å². The van der Waals surface area contributed by atoms with Gasteiger partial charge in [0, 0.05) is 31.2 Å². The van der Waals surface area contributed by atoms with E-state index in [2.05, 4.69) is 17.6 Å². The first kappa shape index (κ1) is 9.58. The largest absolute Gasteiger partial charge is 0.451 e. The first-order valence-corrected chi connectivity index (χ1v) is 5.10. The fraction of sp³-hybridized carbons (Fsp3) is 0.556. The summed E-state index contributed by atoms with van der Waals surface area (Å²) in [5.74, 6) is 0.188. The summed E-state index contributed by atoms with van der Waals surface area (Å²) in [6, 6.07) is 0. The summed E-state index contributed by atoms with van der Waals surface area (Å²) in [5.41, 5.74) is 0.889. The fourth-order valence-corrected chi connectivity index (χ4v) is 1.93. The van der Waals surface area contributed by atoms with Crippen molar-refractivity contribution in [2.75, 3.05) is 13.1 Å². The van der Waals surface area contributed by atoms with Gasteiger partial charge in [0.15, 0.2) is 6.39 Å². The summed E-state index contributed by atoms with van der Waals surface area (Å²) < 4.78 is 4.85. The minimum atomic E-state index is 0.188. The van der Waals surface area contributed by atoms with Crippen LogP contribution in [0.25, 0.3) is 0 Å². The zero-order chi connectivity index (χ0) is 9.97. The standard InChI is InChI=1S/C9H12N2O2S/c12-9-3-8(14)4-11(9)2-1-7-5-13-6-10-7/h5-6,8,14H,1-4H2. The zero-order valence-electron chi connectivity index (χ0n) is 7.72. The summed E-state index contributed by atoms with van der Waals surface area (Å²) in [5, 5.41) is 0.194. The van der Waals surface area contributed by atoms with Crippen LogP contribution in [0.1, 0.15) is 12.1 Å². The molecule has 0 saturated carbocycles. The van der Waals surface area contributed by atoms with Crippen molar-refractivity contribution in [3.8, 4) is 0 Å². The highest BCUT2D eigenvalue weighted by Crippen LogP contribution is 2.15. The van der Waals surface area contributed by atoms with Gasteiger partial charge in [-0.3, -0.25) is 4.79 Å². The minimum absolute atomic E-state index is 0.188. The van der Waals surface area contributed by atoms with E-state index in [1.807, 2.05) is 4.90 Å². The lowest BCUT2D eigenvalue weighted by molar-refractivity contribution is -0.127. The van der Waals surface area contributed by atoms with Crippen LogP contribution in [0.3, 0.4) is 0 Å². The minimum Gasteiger partial charge on any atom is -0.451 e. The number of amides is 1. The third kappa shape index (κ3) is 2.09. The zero-order valence-corrected chi connectivity index (χ0v) is 8.61. The maximum absolute atomic E-state index is 11.4. The molecule has 4 nitrogen and oxygen atoms in total. The van der Waals surface area contributed by atoms with E-state index in [0.717, 1.165) is 18.7 Å². The lowest BCUT2D eigenvalue weighted by Gasteiger charge is -2.14. The summed E-state index contributed by atoms with van der Waals surface area (Å²) >= 11 is 4.28. The van der Waals surface area contributed by atoms with Crippen LogP contribution in [-0.4, -0.2) is 34.1 Å². The van der Waals surface area contributed by atoms with Crippen LogP contribution in [0.2, 0.25) is 0 Å². The molecule has 1 fully saturated rings. The van der Waals surface area contributed by atoms with Crippen LogP contribution in [0.4, 0.5) is 0 Å². The predicted octanol–water partition coefficient (Wildman–Crippen LogP) is 0.748. The number of thiol groups is 1. The Kier molecular flexibility index (Phi) is 2.77. The first-order valence-electron chi connectivity index (χ1n) is 4.58. The van der Waals surface area contributed by atoms with E-state index >= 15 is 0 Å². The molecule has 2 rings (SSSR count). The maximum Gasteiger partial charge on any atom is 0.223 e. The van der Waals surface area contributed by atoms with Gasteiger partial charge in [0.2, 0.25) is 5.91 Å². The molecule has 0 aliphatic carbocycles. The Bertz CT molecular complexity index is 313. The Balaban J connectivity index is 1.84. The molecule has 1 aromatic heterocycles. The van der Waals surface area contributed by atoms with E-state index in [4.69, 9.17) is 4.42 Å². The topological polar surface area (TPSA) is 46.3 Å². The number of hydrogen-bond donors (Lipinski definition) is 1. The smallest absolute Gasteiger partial charge is 0.223 e. The molecular formula is C9H12N2O2S. The molecule has 1 atom stereocenters. The van der Waals surface area contributed by atoms with Crippen molar-refractivity contribution in [1.29, 1.82) is 0 Å². The maximum atomic E-state index is 11.4.